The van der Waals surface area contributed by atoms with Gasteiger partial charge in [0.1, 0.15) is 6.54 Å². The summed E-state index contributed by atoms with van der Waals surface area (Å²) in [5, 5.41) is 9.37. The number of carboxylic acid groups (broad SMARTS) is 1. The van der Waals surface area contributed by atoms with Crippen LogP contribution in [0, 0.1) is 6.92 Å². The summed E-state index contributed by atoms with van der Waals surface area (Å²) in [7, 11) is -3.64. The van der Waals surface area contributed by atoms with Crippen molar-refractivity contribution in [1.29, 1.82) is 0 Å². The van der Waals surface area contributed by atoms with Gasteiger partial charge in [-0.3, -0.25) is 4.79 Å². The van der Waals surface area contributed by atoms with Gasteiger partial charge in [-0.2, -0.15) is 0 Å². The fourth-order valence-corrected chi connectivity index (χ4v) is 6.02. The highest BCUT2D eigenvalue weighted by molar-refractivity contribution is 7.91. The average Bonchev–Trinajstić information content (AvgIpc) is 3.00. The van der Waals surface area contributed by atoms with Gasteiger partial charge in [0.05, 0.1) is 9.79 Å². The van der Waals surface area contributed by atoms with Crippen LogP contribution in [0.3, 0.4) is 0 Å². The largest absolute Gasteiger partial charge is 0.480 e. The Kier molecular flexibility index (Phi) is 5.52. The van der Waals surface area contributed by atoms with Crippen molar-refractivity contribution in [3.63, 3.8) is 0 Å². The fraction of sp³-hybridized carbons (Fsp3) is 0.292. The van der Waals surface area contributed by atoms with E-state index >= 15 is 0 Å². The zero-order chi connectivity index (χ0) is 21.3. The fourth-order valence-electron chi connectivity index (χ4n) is 4.51. The monoisotopic (exact) mass is 423 g/mol. The summed E-state index contributed by atoms with van der Waals surface area (Å²) in [5.74, 6) is -0.861. The molecular formula is C24H25NO4S. The molecule has 0 amide bonds. The number of carbonyl (C=O) groups is 1. The molecule has 1 aliphatic rings. The smallest absolute Gasteiger partial charge is 0.323 e. The van der Waals surface area contributed by atoms with Crippen LogP contribution in [0.1, 0.15) is 40.9 Å². The maximum Gasteiger partial charge on any atom is 0.323 e. The summed E-state index contributed by atoms with van der Waals surface area (Å²) in [6.45, 7) is 1.89. The van der Waals surface area contributed by atoms with Crippen molar-refractivity contribution in [3.05, 3.63) is 82.7 Å². The quantitative estimate of drug-likeness (QED) is 0.645. The maximum atomic E-state index is 13.3. The molecule has 0 atom stereocenters. The lowest BCUT2D eigenvalue weighted by Crippen LogP contribution is -2.15. The highest BCUT2D eigenvalue weighted by Gasteiger charge is 2.26. The predicted molar refractivity (Wildman–Crippen MR) is 115 cm³/mol. The highest BCUT2D eigenvalue weighted by Crippen LogP contribution is 2.33. The second kappa shape index (κ2) is 8.11. The number of hydrogen-bond acceptors (Lipinski definition) is 3. The minimum absolute atomic E-state index is 0.0574. The molecule has 0 bridgehead atoms. The van der Waals surface area contributed by atoms with Crippen LogP contribution in [-0.4, -0.2) is 24.1 Å². The van der Waals surface area contributed by atoms with E-state index in [2.05, 4.69) is 0 Å². The van der Waals surface area contributed by atoms with Gasteiger partial charge in [0, 0.05) is 17.8 Å². The van der Waals surface area contributed by atoms with Gasteiger partial charge in [-0.15, -0.1) is 0 Å². The standard InChI is InChI=1S/C24H25NO4S/c1-17-21(20-12-6-7-13-22(20)25(17)16-24(26)27)15-18-9-5-8-14-23(18)30(28,29)19-10-3-2-4-11-19/h2-5,8-11,14H,6-7,12-13,15-16H2,1H3,(H,26,27). The van der Waals surface area contributed by atoms with E-state index in [4.69, 9.17) is 0 Å². The topological polar surface area (TPSA) is 76.4 Å². The van der Waals surface area contributed by atoms with Crippen molar-refractivity contribution < 1.29 is 18.3 Å². The van der Waals surface area contributed by atoms with Gasteiger partial charge in [0.25, 0.3) is 0 Å². The molecule has 1 heterocycles. The van der Waals surface area contributed by atoms with Gasteiger partial charge in [-0.1, -0.05) is 36.4 Å². The molecule has 2 aromatic carbocycles. The number of benzene rings is 2. The van der Waals surface area contributed by atoms with Gasteiger partial charge < -0.3 is 9.67 Å². The van der Waals surface area contributed by atoms with Crippen LogP contribution in [-0.2, 0) is 40.4 Å². The summed E-state index contributed by atoms with van der Waals surface area (Å²) in [6, 6.07) is 15.6. The molecule has 0 saturated carbocycles. The van der Waals surface area contributed by atoms with Gasteiger partial charge in [0.2, 0.25) is 9.84 Å². The predicted octanol–water partition coefficient (Wildman–Crippen LogP) is 4.18. The molecule has 6 heteroatoms. The zero-order valence-corrected chi connectivity index (χ0v) is 17.8. The van der Waals surface area contributed by atoms with E-state index in [9.17, 15) is 18.3 Å². The van der Waals surface area contributed by atoms with Crippen LogP contribution in [0.5, 0.6) is 0 Å². The molecule has 0 fully saturated rings. The Morgan fingerprint density at radius 2 is 1.67 bits per heavy atom. The number of carboxylic acids is 1. The SMILES string of the molecule is Cc1c(Cc2ccccc2S(=O)(=O)c2ccccc2)c2c(n1CC(=O)O)CCCC2. The molecule has 156 valence electrons. The summed E-state index contributed by atoms with van der Waals surface area (Å²) in [4.78, 5) is 12.0. The minimum Gasteiger partial charge on any atom is -0.480 e. The number of aromatic nitrogens is 1. The normalized spacial score (nSPS) is 13.8. The molecule has 0 aliphatic heterocycles. The van der Waals surface area contributed by atoms with Gasteiger partial charge in [-0.05, 0) is 67.5 Å². The molecule has 1 N–H and O–H groups in total. The summed E-state index contributed by atoms with van der Waals surface area (Å²) < 4.78 is 28.5. The molecule has 0 radical (unpaired) electrons. The second-order valence-corrected chi connectivity index (χ2v) is 9.70. The first kappa shape index (κ1) is 20.4. The highest BCUT2D eigenvalue weighted by atomic mass is 32.2. The molecule has 0 saturated heterocycles. The van der Waals surface area contributed by atoms with Gasteiger partial charge >= 0.3 is 5.97 Å². The number of rotatable bonds is 6. The molecule has 0 spiro atoms. The number of fused-ring (bicyclic) bond motifs is 1. The Labute approximate surface area is 176 Å². The minimum atomic E-state index is -3.64. The Morgan fingerprint density at radius 1 is 1.00 bits per heavy atom. The Balaban J connectivity index is 1.80. The third-order valence-electron chi connectivity index (χ3n) is 5.95. The van der Waals surface area contributed by atoms with Crippen molar-refractivity contribution in [2.75, 3.05) is 0 Å². The Morgan fingerprint density at radius 3 is 2.40 bits per heavy atom. The molecule has 30 heavy (non-hydrogen) atoms. The first-order chi connectivity index (χ1) is 14.4. The lowest BCUT2D eigenvalue weighted by Gasteiger charge is -2.16. The second-order valence-electron chi connectivity index (χ2n) is 7.78. The van der Waals surface area contributed by atoms with Crippen LogP contribution in [0.2, 0.25) is 0 Å². The molecule has 5 nitrogen and oxygen atoms in total. The number of nitrogens with zero attached hydrogens (tertiary/aromatic N) is 1. The average molecular weight is 424 g/mol. The van der Waals surface area contributed by atoms with Crippen molar-refractivity contribution >= 4 is 15.8 Å². The van der Waals surface area contributed by atoms with Crippen molar-refractivity contribution in [1.82, 2.24) is 4.57 Å². The lowest BCUT2D eigenvalue weighted by molar-refractivity contribution is -0.137. The van der Waals surface area contributed by atoms with E-state index in [1.165, 1.54) is 5.56 Å². The van der Waals surface area contributed by atoms with Gasteiger partial charge in [-0.25, -0.2) is 8.42 Å². The maximum absolute atomic E-state index is 13.3. The van der Waals surface area contributed by atoms with E-state index in [1.807, 2.05) is 23.6 Å². The third-order valence-corrected chi connectivity index (χ3v) is 7.82. The zero-order valence-electron chi connectivity index (χ0n) is 17.0. The van der Waals surface area contributed by atoms with Crippen LogP contribution in [0.25, 0.3) is 0 Å². The lowest BCUT2D eigenvalue weighted by atomic mass is 9.91. The van der Waals surface area contributed by atoms with E-state index < -0.39 is 15.8 Å². The molecule has 1 aliphatic carbocycles. The molecule has 0 unspecified atom stereocenters. The van der Waals surface area contributed by atoms with Crippen LogP contribution in [0.15, 0.2) is 64.4 Å². The Bertz CT molecular complexity index is 1190. The Hall–Kier alpha value is -2.86. The van der Waals surface area contributed by atoms with Crippen molar-refractivity contribution in [2.45, 2.75) is 55.4 Å². The number of hydrogen-bond donors (Lipinski definition) is 1. The van der Waals surface area contributed by atoms with Gasteiger partial charge in [0.15, 0.2) is 0 Å². The summed E-state index contributed by atoms with van der Waals surface area (Å²) in [6.07, 6.45) is 4.37. The van der Waals surface area contributed by atoms with Crippen molar-refractivity contribution in [3.8, 4) is 0 Å². The summed E-state index contributed by atoms with van der Waals surface area (Å²) >= 11 is 0. The van der Waals surface area contributed by atoms with E-state index in [0.29, 0.717) is 11.3 Å². The van der Waals surface area contributed by atoms with E-state index in [-0.39, 0.29) is 11.4 Å². The van der Waals surface area contributed by atoms with Crippen LogP contribution in [0.4, 0.5) is 0 Å². The molecule has 3 aromatic rings. The molecule has 4 rings (SSSR count). The van der Waals surface area contributed by atoms with E-state index in [0.717, 1.165) is 48.2 Å². The van der Waals surface area contributed by atoms with E-state index in [1.54, 1.807) is 42.5 Å². The molecule has 1 aromatic heterocycles. The van der Waals surface area contributed by atoms with Crippen LogP contribution >= 0.6 is 0 Å². The third kappa shape index (κ3) is 3.67. The van der Waals surface area contributed by atoms with Crippen molar-refractivity contribution in [2.24, 2.45) is 0 Å². The summed E-state index contributed by atoms with van der Waals surface area (Å²) in [5.41, 5.74) is 5.04. The number of sulfone groups is 1. The van der Waals surface area contributed by atoms with Crippen LogP contribution < -0.4 is 0 Å². The number of aliphatic carboxylic acids is 1. The first-order valence-corrected chi connectivity index (χ1v) is 11.7. The first-order valence-electron chi connectivity index (χ1n) is 10.2. The molecular weight excluding hydrogens is 398 g/mol.